The predicted molar refractivity (Wildman–Crippen MR) is 147 cm³/mol. The van der Waals surface area contributed by atoms with E-state index in [-0.39, 0.29) is 11.9 Å². The molecule has 7 heteroatoms. The number of nitrogens with one attached hydrogen (secondary N) is 1. The summed E-state index contributed by atoms with van der Waals surface area (Å²) in [6.45, 7) is 2.92. The van der Waals surface area contributed by atoms with Gasteiger partial charge in [-0.3, -0.25) is 9.69 Å². The summed E-state index contributed by atoms with van der Waals surface area (Å²) >= 11 is 0. The molecule has 38 heavy (non-hydrogen) atoms. The maximum absolute atomic E-state index is 14.3. The first-order chi connectivity index (χ1) is 18.6. The summed E-state index contributed by atoms with van der Waals surface area (Å²) < 4.78 is 20.5. The third-order valence-electron chi connectivity index (χ3n) is 8.55. The third kappa shape index (κ3) is 6.73. The average Bonchev–Trinajstić information content (AvgIpc) is 3.39. The number of fused-ring (bicyclic) bond motifs is 1. The second kappa shape index (κ2) is 13.0. The van der Waals surface area contributed by atoms with E-state index in [4.69, 9.17) is 9.72 Å². The monoisotopic (exact) mass is 523 g/mol. The normalized spacial score (nSPS) is 21.1. The Kier molecular flexibility index (Phi) is 9.28. The summed E-state index contributed by atoms with van der Waals surface area (Å²) in [6, 6.07) is 8.33. The number of unbranched alkanes of at least 4 members (excludes halogenated alkanes) is 2. The summed E-state index contributed by atoms with van der Waals surface area (Å²) in [4.78, 5) is 19.2. The highest BCUT2D eigenvalue weighted by Crippen LogP contribution is 2.39. The Morgan fingerprint density at radius 1 is 1.11 bits per heavy atom. The molecule has 2 fully saturated rings. The Bertz CT molecular complexity index is 1090. The van der Waals surface area contributed by atoms with E-state index < -0.39 is 12.0 Å². The average molecular weight is 524 g/mol. The highest BCUT2D eigenvalue weighted by Gasteiger charge is 2.36. The van der Waals surface area contributed by atoms with Crippen LogP contribution in [0.5, 0.6) is 0 Å². The summed E-state index contributed by atoms with van der Waals surface area (Å²) in [5.74, 6) is 0.120. The molecule has 0 unspecified atom stereocenters. The number of pyridine rings is 1. The Labute approximate surface area is 226 Å². The number of rotatable bonds is 11. The number of carbonyl (C=O) groups is 1. The van der Waals surface area contributed by atoms with Crippen LogP contribution in [0.25, 0.3) is 0 Å². The van der Waals surface area contributed by atoms with E-state index in [0.717, 1.165) is 87.8 Å². The van der Waals surface area contributed by atoms with Crippen LogP contribution in [0.1, 0.15) is 98.6 Å². The highest BCUT2D eigenvalue weighted by atomic mass is 19.1. The zero-order chi connectivity index (χ0) is 26.3. The van der Waals surface area contributed by atoms with Crippen molar-refractivity contribution in [2.45, 2.75) is 95.1 Å². The molecular weight excluding hydrogens is 481 g/mol. The topological polar surface area (TPSA) is 74.7 Å². The molecule has 2 aromatic rings. The fraction of sp³-hybridized carbons (Fsp3) is 0.613. The molecular formula is C31H42FN3O3. The van der Waals surface area contributed by atoms with Gasteiger partial charge >= 0.3 is 5.97 Å². The third-order valence-corrected chi connectivity index (χ3v) is 8.55. The Balaban J connectivity index is 1.09. The van der Waals surface area contributed by atoms with Crippen LogP contribution in [-0.2, 0) is 22.4 Å². The second-order valence-corrected chi connectivity index (χ2v) is 11.3. The van der Waals surface area contributed by atoms with Crippen molar-refractivity contribution in [2.24, 2.45) is 0 Å². The van der Waals surface area contributed by atoms with Crippen molar-refractivity contribution in [2.75, 3.05) is 31.6 Å². The minimum Gasteiger partial charge on any atom is -0.480 e. The Morgan fingerprint density at radius 3 is 2.82 bits per heavy atom. The molecule has 2 aliphatic heterocycles. The number of ether oxygens (including phenoxy) is 1. The molecule has 3 aliphatic rings. The van der Waals surface area contributed by atoms with Gasteiger partial charge < -0.3 is 15.2 Å². The van der Waals surface area contributed by atoms with Gasteiger partial charge in [0, 0.05) is 31.9 Å². The first-order valence-corrected chi connectivity index (χ1v) is 14.7. The van der Waals surface area contributed by atoms with Crippen molar-refractivity contribution in [3.63, 3.8) is 0 Å². The van der Waals surface area contributed by atoms with E-state index in [1.165, 1.54) is 30.5 Å². The van der Waals surface area contributed by atoms with Crippen LogP contribution >= 0.6 is 0 Å². The first-order valence-electron chi connectivity index (χ1n) is 14.7. The maximum Gasteiger partial charge on any atom is 0.325 e. The van der Waals surface area contributed by atoms with E-state index >= 15 is 0 Å². The molecule has 0 amide bonds. The number of hydrogen-bond donors (Lipinski definition) is 2. The lowest BCUT2D eigenvalue weighted by Gasteiger charge is -2.30. The van der Waals surface area contributed by atoms with Crippen LogP contribution in [0, 0.1) is 5.82 Å². The number of aliphatic carboxylic acids is 1. The number of aromatic nitrogens is 1. The van der Waals surface area contributed by atoms with Gasteiger partial charge in [0.05, 0.1) is 6.10 Å². The number of carboxylic acid groups (broad SMARTS) is 1. The van der Waals surface area contributed by atoms with Crippen molar-refractivity contribution in [1.29, 1.82) is 0 Å². The quantitative estimate of drug-likeness (QED) is 0.339. The molecule has 1 saturated carbocycles. The number of benzene rings is 1. The number of aryl methyl sites for hydroxylation is 2. The first kappa shape index (κ1) is 27.1. The number of carboxylic acids is 1. The van der Waals surface area contributed by atoms with E-state index in [0.29, 0.717) is 31.2 Å². The second-order valence-electron chi connectivity index (χ2n) is 11.3. The largest absolute Gasteiger partial charge is 0.480 e. The zero-order valence-electron chi connectivity index (χ0n) is 22.5. The van der Waals surface area contributed by atoms with Crippen LogP contribution in [-0.4, -0.2) is 53.3 Å². The van der Waals surface area contributed by atoms with Gasteiger partial charge in [-0.1, -0.05) is 37.8 Å². The van der Waals surface area contributed by atoms with Gasteiger partial charge in [-0.2, -0.15) is 0 Å². The molecule has 1 saturated heterocycles. The van der Waals surface area contributed by atoms with Gasteiger partial charge in [-0.15, -0.1) is 0 Å². The molecule has 3 heterocycles. The van der Waals surface area contributed by atoms with Crippen molar-refractivity contribution in [3.05, 3.63) is 58.5 Å². The lowest BCUT2D eigenvalue weighted by atomic mass is 9.80. The molecule has 1 aromatic heterocycles. The van der Waals surface area contributed by atoms with E-state index in [9.17, 15) is 14.3 Å². The van der Waals surface area contributed by atoms with Gasteiger partial charge in [0.1, 0.15) is 17.7 Å². The van der Waals surface area contributed by atoms with Crippen molar-refractivity contribution in [3.8, 4) is 0 Å². The molecule has 2 N–H and O–H groups in total. The molecule has 0 bridgehead atoms. The Morgan fingerprint density at radius 2 is 1.97 bits per heavy atom. The Hall–Kier alpha value is -2.51. The zero-order valence-corrected chi connectivity index (χ0v) is 22.5. The van der Waals surface area contributed by atoms with Gasteiger partial charge in [0.15, 0.2) is 0 Å². The summed E-state index contributed by atoms with van der Waals surface area (Å²) in [7, 11) is 0. The van der Waals surface area contributed by atoms with Crippen LogP contribution in [0.3, 0.4) is 0 Å². The predicted octanol–water partition coefficient (Wildman–Crippen LogP) is 6.26. The number of hydrogen-bond acceptors (Lipinski definition) is 5. The molecule has 1 aliphatic carbocycles. The minimum absolute atomic E-state index is 0.0249. The number of likely N-dealkylation sites (tertiary alicyclic amines) is 1. The van der Waals surface area contributed by atoms with Crippen LogP contribution in [0.4, 0.5) is 10.2 Å². The van der Waals surface area contributed by atoms with Crippen molar-refractivity contribution >= 4 is 11.8 Å². The number of halogens is 1. The van der Waals surface area contributed by atoms with Crippen LogP contribution in [0.15, 0.2) is 30.3 Å². The molecule has 5 rings (SSSR count). The summed E-state index contributed by atoms with van der Waals surface area (Å²) in [6.07, 6.45) is 12.9. The van der Waals surface area contributed by atoms with Gasteiger partial charge in [-0.05, 0) is 92.2 Å². The molecule has 1 aromatic carbocycles. The van der Waals surface area contributed by atoms with E-state index in [1.807, 2.05) is 11.0 Å². The minimum atomic E-state index is -0.903. The van der Waals surface area contributed by atoms with Crippen molar-refractivity contribution in [1.82, 2.24) is 9.88 Å². The summed E-state index contributed by atoms with van der Waals surface area (Å²) in [5, 5.41) is 13.6. The van der Waals surface area contributed by atoms with Gasteiger partial charge in [0.2, 0.25) is 0 Å². The maximum atomic E-state index is 14.3. The molecule has 0 radical (unpaired) electrons. The number of nitrogens with zero attached hydrogens (tertiary/aromatic N) is 2. The summed E-state index contributed by atoms with van der Waals surface area (Å²) in [5.41, 5.74) is 4.13. The van der Waals surface area contributed by atoms with Crippen LogP contribution < -0.4 is 5.32 Å². The van der Waals surface area contributed by atoms with Gasteiger partial charge in [0.25, 0.3) is 0 Å². The highest BCUT2D eigenvalue weighted by molar-refractivity contribution is 5.76. The van der Waals surface area contributed by atoms with E-state index in [2.05, 4.69) is 17.4 Å². The standard InChI is InChI=1S/C31H42FN3O3/c32-24-13-15-27(22-8-3-1-4-9-22)28(20-24)29(31(36)37)35-18-16-26(21-35)38-19-6-2-5-11-25-14-12-23-10-7-17-33-30(23)34-25/h12-15,20,22,26,29H,1-11,16-19,21H2,(H,33,34)(H,36,37)/t26-,29+/m1/s1. The van der Waals surface area contributed by atoms with E-state index in [1.54, 1.807) is 0 Å². The lowest BCUT2D eigenvalue weighted by molar-refractivity contribution is -0.143. The smallest absolute Gasteiger partial charge is 0.325 e. The molecule has 2 atom stereocenters. The molecule has 6 nitrogen and oxygen atoms in total. The number of anilines is 1. The lowest BCUT2D eigenvalue weighted by Crippen LogP contribution is -2.34. The van der Waals surface area contributed by atoms with Crippen LogP contribution in [0.2, 0.25) is 0 Å². The fourth-order valence-corrected chi connectivity index (χ4v) is 6.52. The molecule has 0 spiro atoms. The van der Waals surface area contributed by atoms with Crippen molar-refractivity contribution < 1.29 is 19.0 Å². The van der Waals surface area contributed by atoms with Gasteiger partial charge in [-0.25, -0.2) is 9.37 Å². The SMILES string of the molecule is O=C(O)[C@H](c1cc(F)ccc1C1CCCCC1)N1CC[C@@H](OCCCCCc2ccc3c(n2)NCCC3)C1. The molecule has 206 valence electrons. The fourth-order valence-electron chi connectivity index (χ4n) is 6.52.